The second-order valence-electron chi connectivity index (χ2n) is 3.25. The van der Waals surface area contributed by atoms with Gasteiger partial charge in [-0.2, -0.15) is 19.0 Å². The Bertz CT molecular complexity index is 605. The van der Waals surface area contributed by atoms with E-state index in [0.29, 0.717) is 5.56 Å². The number of aromatic nitrogens is 1. The number of nitrogen functional groups attached to an aromatic ring is 1. The first-order valence-electron chi connectivity index (χ1n) is 4.82. The summed E-state index contributed by atoms with van der Waals surface area (Å²) in [5, 5.41) is 8.68. The summed E-state index contributed by atoms with van der Waals surface area (Å²) in [4.78, 5) is 3.82. The first-order valence-corrected chi connectivity index (χ1v) is 4.82. The van der Waals surface area contributed by atoms with Gasteiger partial charge in [0, 0.05) is 5.56 Å². The topological polar surface area (TPSA) is 85.1 Å². The van der Waals surface area contributed by atoms with Gasteiger partial charge >= 0.3 is 6.61 Å². The van der Waals surface area contributed by atoms with Gasteiger partial charge in [0.1, 0.15) is 11.8 Å². The Morgan fingerprint density at radius 2 is 2.22 bits per heavy atom. The van der Waals surface area contributed by atoms with Gasteiger partial charge in [0.15, 0.2) is 0 Å². The van der Waals surface area contributed by atoms with Crippen LogP contribution in [0.25, 0.3) is 11.5 Å². The highest BCUT2D eigenvalue weighted by Gasteiger charge is 2.13. The van der Waals surface area contributed by atoms with E-state index in [1.54, 1.807) is 12.1 Å². The number of nitriles is 1. The van der Waals surface area contributed by atoms with Crippen LogP contribution in [0.15, 0.2) is 28.7 Å². The van der Waals surface area contributed by atoms with Crippen molar-refractivity contribution in [2.75, 3.05) is 5.73 Å². The summed E-state index contributed by atoms with van der Waals surface area (Å²) in [5.41, 5.74) is 5.74. The van der Waals surface area contributed by atoms with Gasteiger partial charge in [-0.25, -0.2) is 0 Å². The largest absolute Gasteiger partial charge is 0.435 e. The lowest BCUT2D eigenvalue weighted by molar-refractivity contribution is -0.0498. The summed E-state index contributed by atoms with van der Waals surface area (Å²) in [5.74, 6) is -0.0748. The van der Waals surface area contributed by atoms with E-state index < -0.39 is 6.61 Å². The summed E-state index contributed by atoms with van der Waals surface area (Å²) in [6, 6.07) is 7.51. The molecule has 5 nitrogen and oxygen atoms in total. The van der Waals surface area contributed by atoms with E-state index in [9.17, 15) is 8.78 Å². The Balaban J connectivity index is 2.35. The lowest BCUT2D eigenvalue weighted by atomic mass is 10.2. The Labute approximate surface area is 100 Å². The number of rotatable bonds is 3. The molecule has 0 bridgehead atoms. The predicted molar refractivity (Wildman–Crippen MR) is 57.7 cm³/mol. The number of hydrogen-bond acceptors (Lipinski definition) is 5. The Morgan fingerprint density at radius 1 is 1.44 bits per heavy atom. The Hall–Kier alpha value is -2.62. The number of alkyl halides is 2. The van der Waals surface area contributed by atoms with Gasteiger partial charge in [0.25, 0.3) is 0 Å². The normalized spacial score (nSPS) is 10.3. The van der Waals surface area contributed by atoms with Crippen LogP contribution in [0, 0.1) is 11.3 Å². The average Bonchev–Trinajstić information content (AvgIpc) is 2.70. The van der Waals surface area contributed by atoms with Gasteiger partial charge < -0.3 is 14.9 Å². The van der Waals surface area contributed by atoms with Crippen LogP contribution in [0.2, 0.25) is 0 Å². The van der Waals surface area contributed by atoms with Crippen molar-refractivity contribution in [3.8, 4) is 23.3 Å². The van der Waals surface area contributed by atoms with Crippen LogP contribution in [0.1, 0.15) is 5.69 Å². The van der Waals surface area contributed by atoms with Crippen LogP contribution in [0.4, 0.5) is 14.7 Å². The molecule has 0 unspecified atom stereocenters. The number of benzene rings is 1. The van der Waals surface area contributed by atoms with Crippen molar-refractivity contribution in [1.29, 1.82) is 5.26 Å². The predicted octanol–water partition coefficient (Wildman–Crippen LogP) is 2.40. The summed E-state index contributed by atoms with van der Waals surface area (Å²) in [6.07, 6.45) is 0. The number of hydrogen-bond donors (Lipinski definition) is 1. The van der Waals surface area contributed by atoms with E-state index in [1.165, 1.54) is 18.2 Å². The third kappa shape index (κ3) is 2.38. The molecule has 7 heteroatoms. The first kappa shape index (κ1) is 11.9. The molecule has 18 heavy (non-hydrogen) atoms. The van der Waals surface area contributed by atoms with Crippen molar-refractivity contribution in [3.05, 3.63) is 30.0 Å². The monoisotopic (exact) mass is 251 g/mol. The van der Waals surface area contributed by atoms with E-state index >= 15 is 0 Å². The molecular weight excluding hydrogens is 244 g/mol. The highest BCUT2D eigenvalue weighted by molar-refractivity contribution is 5.59. The Kier molecular flexibility index (Phi) is 3.10. The van der Waals surface area contributed by atoms with Gasteiger partial charge in [0.2, 0.25) is 17.5 Å². The van der Waals surface area contributed by atoms with Crippen LogP contribution >= 0.6 is 0 Å². The molecule has 0 saturated heterocycles. The van der Waals surface area contributed by atoms with Crippen molar-refractivity contribution >= 4 is 5.88 Å². The van der Waals surface area contributed by atoms with Gasteiger partial charge in [-0.05, 0) is 18.2 Å². The van der Waals surface area contributed by atoms with Crippen LogP contribution in [-0.4, -0.2) is 11.6 Å². The smallest absolute Gasteiger partial charge is 0.387 e. The zero-order chi connectivity index (χ0) is 13.1. The zero-order valence-corrected chi connectivity index (χ0v) is 8.93. The molecule has 2 aromatic rings. The summed E-state index contributed by atoms with van der Waals surface area (Å²) in [7, 11) is 0. The highest BCUT2D eigenvalue weighted by atomic mass is 19.3. The van der Waals surface area contributed by atoms with E-state index in [2.05, 4.69) is 9.72 Å². The number of nitrogens with zero attached hydrogens (tertiary/aromatic N) is 2. The van der Waals surface area contributed by atoms with Gasteiger partial charge in [-0.15, -0.1) is 0 Å². The lowest BCUT2D eigenvalue weighted by Crippen LogP contribution is -2.01. The third-order valence-corrected chi connectivity index (χ3v) is 2.07. The second-order valence-corrected chi connectivity index (χ2v) is 3.25. The molecule has 1 aromatic heterocycles. The van der Waals surface area contributed by atoms with Crippen molar-refractivity contribution in [2.24, 2.45) is 0 Å². The van der Waals surface area contributed by atoms with E-state index in [4.69, 9.17) is 15.4 Å². The zero-order valence-electron chi connectivity index (χ0n) is 8.93. The fourth-order valence-electron chi connectivity index (χ4n) is 1.34. The van der Waals surface area contributed by atoms with Crippen LogP contribution in [0.5, 0.6) is 5.75 Å². The minimum atomic E-state index is -2.91. The quantitative estimate of drug-likeness (QED) is 0.905. The van der Waals surface area contributed by atoms with Crippen molar-refractivity contribution in [2.45, 2.75) is 6.61 Å². The second kappa shape index (κ2) is 4.71. The van der Waals surface area contributed by atoms with Crippen LogP contribution in [-0.2, 0) is 0 Å². The molecule has 2 rings (SSSR count). The number of nitrogens with two attached hydrogens (primary N) is 1. The van der Waals surface area contributed by atoms with Crippen molar-refractivity contribution in [3.63, 3.8) is 0 Å². The average molecular weight is 251 g/mol. The molecule has 1 heterocycles. The summed E-state index contributed by atoms with van der Waals surface area (Å²) in [6.45, 7) is -2.91. The number of oxazole rings is 1. The van der Waals surface area contributed by atoms with E-state index in [-0.39, 0.29) is 23.2 Å². The molecular formula is C11H7F2N3O2. The molecule has 0 aliphatic carbocycles. The summed E-state index contributed by atoms with van der Waals surface area (Å²) < 4.78 is 33.4. The molecule has 0 aliphatic heterocycles. The SMILES string of the molecule is N#Cc1nc(-c2cccc(OC(F)F)c2)oc1N. The molecule has 92 valence electrons. The maximum absolute atomic E-state index is 12.1. The molecule has 0 amide bonds. The van der Waals surface area contributed by atoms with Crippen molar-refractivity contribution < 1.29 is 17.9 Å². The molecule has 0 fully saturated rings. The Morgan fingerprint density at radius 3 is 2.83 bits per heavy atom. The maximum Gasteiger partial charge on any atom is 0.387 e. The fraction of sp³-hybridized carbons (Fsp3) is 0.0909. The molecule has 2 N–H and O–H groups in total. The van der Waals surface area contributed by atoms with Gasteiger partial charge in [0.05, 0.1) is 0 Å². The van der Waals surface area contributed by atoms with E-state index in [1.807, 2.05) is 0 Å². The summed E-state index contributed by atoms with van der Waals surface area (Å²) >= 11 is 0. The molecule has 1 aromatic carbocycles. The minimum absolute atomic E-state index is 0.0298. The lowest BCUT2D eigenvalue weighted by Gasteiger charge is -2.04. The highest BCUT2D eigenvalue weighted by Crippen LogP contribution is 2.26. The molecule has 0 radical (unpaired) electrons. The van der Waals surface area contributed by atoms with Gasteiger partial charge in [-0.1, -0.05) is 6.07 Å². The first-order chi connectivity index (χ1) is 8.60. The molecule has 0 atom stereocenters. The molecule has 0 aliphatic rings. The number of ether oxygens (including phenoxy) is 1. The molecule has 0 saturated carbocycles. The minimum Gasteiger partial charge on any atom is -0.435 e. The van der Waals surface area contributed by atoms with E-state index in [0.717, 1.165) is 0 Å². The van der Waals surface area contributed by atoms with Gasteiger partial charge in [-0.3, -0.25) is 0 Å². The number of halogens is 2. The van der Waals surface area contributed by atoms with Crippen LogP contribution < -0.4 is 10.5 Å². The third-order valence-electron chi connectivity index (χ3n) is 2.07. The fourth-order valence-corrected chi connectivity index (χ4v) is 1.34. The maximum atomic E-state index is 12.1. The van der Waals surface area contributed by atoms with Crippen LogP contribution in [0.3, 0.4) is 0 Å². The van der Waals surface area contributed by atoms with Crippen molar-refractivity contribution in [1.82, 2.24) is 4.98 Å². The standard InChI is InChI=1S/C11H7F2N3O2/c12-11(13)17-7-3-1-2-6(4-7)10-16-8(5-14)9(15)18-10/h1-4,11H,15H2. The number of anilines is 1. The molecule has 0 spiro atoms.